The second-order valence-electron chi connectivity index (χ2n) is 2.72. The minimum atomic E-state index is 0.581. The van der Waals surface area contributed by atoms with Crippen molar-refractivity contribution in [2.24, 2.45) is 5.73 Å². The monoisotopic (exact) mass is 240 g/mol. The van der Waals surface area contributed by atoms with Crippen LogP contribution in [0.2, 0.25) is 0 Å². The van der Waals surface area contributed by atoms with E-state index >= 15 is 0 Å². The predicted molar refractivity (Wildman–Crippen MR) is 53.4 cm³/mol. The summed E-state index contributed by atoms with van der Waals surface area (Å²) in [6, 6.07) is 3.85. The van der Waals surface area contributed by atoms with Gasteiger partial charge in [-0.05, 0) is 34.6 Å². The van der Waals surface area contributed by atoms with Crippen LogP contribution < -0.4 is 5.73 Å². The molecule has 0 aliphatic heterocycles. The Morgan fingerprint density at radius 1 is 1.46 bits per heavy atom. The number of halogens is 1. The lowest BCUT2D eigenvalue weighted by molar-refractivity contribution is 0.843. The molecule has 0 fully saturated rings. The summed E-state index contributed by atoms with van der Waals surface area (Å²) in [6.45, 7) is 0.581. The van der Waals surface area contributed by atoms with Crippen LogP contribution in [0, 0.1) is 0 Å². The highest BCUT2D eigenvalue weighted by atomic mass is 79.9. The van der Waals surface area contributed by atoms with Gasteiger partial charge in [-0.2, -0.15) is 5.10 Å². The standard InChI is InChI=1S/C8H9BrN4/c9-6-1-2-8-11-7(3-4-10)12-13(8)5-6/h1-2,5H,3-4,10H2. The molecule has 0 radical (unpaired) electrons. The van der Waals surface area contributed by atoms with E-state index < -0.39 is 0 Å². The Hall–Kier alpha value is -0.940. The van der Waals surface area contributed by atoms with Crippen LogP contribution in [0.4, 0.5) is 0 Å². The van der Waals surface area contributed by atoms with Gasteiger partial charge in [0, 0.05) is 17.1 Å². The van der Waals surface area contributed by atoms with Crippen LogP contribution in [-0.4, -0.2) is 21.1 Å². The van der Waals surface area contributed by atoms with E-state index in [1.807, 2.05) is 18.3 Å². The molecule has 13 heavy (non-hydrogen) atoms. The molecule has 0 amide bonds. The minimum Gasteiger partial charge on any atom is -0.330 e. The van der Waals surface area contributed by atoms with Crippen LogP contribution in [0.5, 0.6) is 0 Å². The number of pyridine rings is 1. The fourth-order valence-electron chi connectivity index (χ4n) is 1.14. The van der Waals surface area contributed by atoms with Gasteiger partial charge >= 0.3 is 0 Å². The fraction of sp³-hybridized carbons (Fsp3) is 0.250. The average molecular weight is 241 g/mol. The smallest absolute Gasteiger partial charge is 0.155 e. The van der Waals surface area contributed by atoms with Crippen LogP contribution in [0.1, 0.15) is 5.82 Å². The summed E-state index contributed by atoms with van der Waals surface area (Å²) in [7, 11) is 0. The number of hydrogen-bond acceptors (Lipinski definition) is 3. The van der Waals surface area contributed by atoms with Crippen molar-refractivity contribution < 1.29 is 0 Å². The lowest BCUT2D eigenvalue weighted by Gasteiger charge is -1.90. The van der Waals surface area contributed by atoms with E-state index in [0.29, 0.717) is 6.54 Å². The molecule has 0 bridgehead atoms. The number of aromatic nitrogens is 3. The molecule has 4 nitrogen and oxygen atoms in total. The van der Waals surface area contributed by atoms with Gasteiger partial charge in [-0.3, -0.25) is 0 Å². The first-order chi connectivity index (χ1) is 6.29. The van der Waals surface area contributed by atoms with E-state index in [9.17, 15) is 0 Å². The van der Waals surface area contributed by atoms with Crippen LogP contribution >= 0.6 is 15.9 Å². The molecule has 0 atom stereocenters. The average Bonchev–Trinajstić information content (AvgIpc) is 2.46. The Labute approximate surface area is 83.9 Å². The maximum absolute atomic E-state index is 5.41. The van der Waals surface area contributed by atoms with Crippen molar-refractivity contribution in [1.82, 2.24) is 14.6 Å². The molecule has 2 aromatic rings. The third-order valence-corrected chi connectivity index (χ3v) is 2.18. The number of rotatable bonds is 2. The Morgan fingerprint density at radius 2 is 2.31 bits per heavy atom. The molecule has 2 N–H and O–H groups in total. The zero-order valence-corrected chi connectivity index (χ0v) is 8.53. The second-order valence-corrected chi connectivity index (χ2v) is 3.63. The van der Waals surface area contributed by atoms with Gasteiger partial charge < -0.3 is 5.73 Å². The van der Waals surface area contributed by atoms with Crippen molar-refractivity contribution in [1.29, 1.82) is 0 Å². The zero-order chi connectivity index (χ0) is 9.26. The van der Waals surface area contributed by atoms with Gasteiger partial charge in [-0.15, -0.1) is 0 Å². The first-order valence-electron chi connectivity index (χ1n) is 4.00. The van der Waals surface area contributed by atoms with E-state index in [-0.39, 0.29) is 0 Å². The molecule has 68 valence electrons. The van der Waals surface area contributed by atoms with Gasteiger partial charge in [-0.25, -0.2) is 9.50 Å². The van der Waals surface area contributed by atoms with Gasteiger partial charge in [0.25, 0.3) is 0 Å². The third kappa shape index (κ3) is 1.71. The van der Waals surface area contributed by atoms with Crippen molar-refractivity contribution in [3.05, 3.63) is 28.6 Å². The first kappa shape index (κ1) is 8.65. The van der Waals surface area contributed by atoms with E-state index in [1.165, 1.54) is 0 Å². The van der Waals surface area contributed by atoms with Crippen molar-refractivity contribution in [3.63, 3.8) is 0 Å². The first-order valence-corrected chi connectivity index (χ1v) is 4.80. The minimum absolute atomic E-state index is 0.581. The molecule has 0 aromatic carbocycles. The third-order valence-electron chi connectivity index (χ3n) is 1.71. The molecule has 2 aromatic heterocycles. The molecule has 0 saturated heterocycles. The quantitative estimate of drug-likeness (QED) is 0.853. The molecule has 0 spiro atoms. The van der Waals surface area contributed by atoms with E-state index in [0.717, 1.165) is 22.4 Å². The molecule has 0 aliphatic rings. The Kier molecular flexibility index (Phi) is 2.28. The molecule has 0 aliphatic carbocycles. The summed E-state index contributed by atoms with van der Waals surface area (Å²) < 4.78 is 2.74. The highest BCUT2D eigenvalue weighted by Gasteiger charge is 2.01. The van der Waals surface area contributed by atoms with Crippen LogP contribution in [0.25, 0.3) is 5.65 Å². The van der Waals surface area contributed by atoms with Gasteiger partial charge in [0.05, 0.1) is 0 Å². The van der Waals surface area contributed by atoms with Crippen molar-refractivity contribution in [3.8, 4) is 0 Å². The molecular weight excluding hydrogens is 232 g/mol. The molecule has 2 rings (SSSR count). The number of fused-ring (bicyclic) bond motifs is 1. The number of hydrogen-bond donors (Lipinski definition) is 1. The van der Waals surface area contributed by atoms with Gasteiger partial charge in [0.15, 0.2) is 11.5 Å². The summed E-state index contributed by atoms with van der Waals surface area (Å²) in [5, 5.41) is 4.26. The largest absolute Gasteiger partial charge is 0.330 e. The van der Waals surface area contributed by atoms with E-state index in [1.54, 1.807) is 4.52 Å². The molecule has 5 heteroatoms. The summed E-state index contributed by atoms with van der Waals surface area (Å²) >= 11 is 3.37. The number of nitrogens with zero attached hydrogens (tertiary/aromatic N) is 3. The molecular formula is C8H9BrN4. The molecule has 0 unspecified atom stereocenters. The summed E-state index contributed by atoms with van der Waals surface area (Å²) in [5.41, 5.74) is 6.27. The predicted octanol–water partition coefficient (Wildman–Crippen LogP) is 0.993. The number of nitrogens with two attached hydrogens (primary N) is 1. The summed E-state index contributed by atoms with van der Waals surface area (Å²) in [4.78, 5) is 4.29. The van der Waals surface area contributed by atoms with Gasteiger partial charge in [-0.1, -0.05) is 0 Å². The van der Waals surface area contributed by atoms with Crippen molar-refractivity contribution in [2.45, 2.75) is 6.42 Å². The molecule has 2 heterocycles. The molecule has 0 saturated carbocycles. The van der Waals surface area contributed by atoms with Gasteiger partial charge in [0.2, 0.25) is 0 Å². The normalized spacial score (nSPS) is 10.9. The second kappa shape index (κ2) is 3.43. The van der Waals surface area contributed by atoms with E-state index in [2.05, 4.69) is 26.0 Å². The lowest BCUT2D eigenvalue weighted by atomic mass is 10.4. The fourth-order valence-corrected chi connectivity index (χ4v) is 1.47. The van der Waals surface area contributed by atoms with Gasteiger partial charge in [0.1, 0.15) is 0 Å². The van der Waals surface area contributed by atoms with Crippen molar-refractivity contribution >= 4 is 21.6 Å². The highest BCUT2D eigenvalue weighted by molar-refractivity contribution is 9.10. The summed E-state index contributed by atoms with van der Waals surface area (Å²) in [6.07, 6.45) is 2.60. The lowest BCUT2D eigenvalue weighted by Crippen LogP contribution is -2.04. The SMILES string of the molecule is NCCc1nc2ccc(Br)cn2n1. The van der Waals surface area contributed by atoms with Crippen molar-refractivity contribution in [2.75, 3.05) is 6.54 Å². The zero-order valence-electron chi connectivity index (χ0n) is 6.94. The van der Waals surface area contributed by atoms with Crippen LogP contribution in [0.3, 0.4) is 0 Å². The Balaban J connectivity index is 2.49. The maximum atomic E-state index is 5.41. The van der Waals surface area contributed by atoms with Crippen LogP contribution in [0.15, 0.2) is 22.8 Å². The summed E-state index contributed by atoms with van der Waals surface area (Å²) in [5.74, 6) is 0.792. The van der Waals surface area contributed by atoms with E-state index in [4.69, 9.17) is 5.73 Å². The maximum Gasteiger partial charge on any atom is 0.155 e. The Morgan fingerprint density at radius 3 is 3.08 bits per heavy atom. The Bertz CT molecular complexity index is 423. The highest BCUT2D eigenvalue weighted by Crippen LogP contribution is 2.10. The van der Waals surface area contributed by atoms with Crippen LogP contribution in [-0.2, 0) is 6.42 Å². The topological polar surface area (TPSA) is 56.2 Å².